The number of hydrogen-bond acceptors (Lipinski definition) is 1. The summed E-state index contributed by atoms with van der Waals surface area (Å²) in [5, 5.41) is 0. The highest BCUT2D eigenvalue weighted by atomic mass is 16.1. The Morgan fingerprint density at radius 3 is 2.06 bits per heavy atom. The van der Waals surface area contributed by atoms with Crippen LogP contribution in [0, 0.1) is 10.8 Å². The molecule has 0 bridgehead atoms. The molecular formula is C15H20O. The molecule has 1 fully saturated rings. The predicted molar refractivity (Wildman–Crippen MR) is 66.4 cm³/mol. The van der Waals surface area contributed by atoms with Crippen LogP contribution in [0.4, 0.5) is 0 Å². The van der Waals surface area contributed by atoms with E-state index in [2.05, 4.69) is 52.0 Å². The molecule has 1 unspecified atom stereocenters. The Morgan fingerprint density at radius 2 is 1.62 bits per heavy atom. The van der Waals surface area contributed by atoms with Gasteiger partial charge in [-0.15, -0.1) is 0 Å². The summed E-state index contributed by atoms with van der Waals surface area (Å²) >= 11 is 0. The predicted octanol–water partition coefficient (Wildman–Crippen LogP) is 3.80. The number of benzene rings is 1. The van der Waals surface area contributed by atoms with Gasteiger partial charge in [0.2, 0.25) is 0 Å². The molecule has 1 aliphatic rings. The van der Waals surface area contributed by atoms with E-state index in [4.69, 9.17) is 0 Å². The van der Waals surface area contributed by atoms with Crippen LogP contribution in [0.5, 0.6) is 0 Å². The zero-order valence-corrected chi connectivity index (χ0v) is 10.6. The van der Waals surface area contributed by atoms with Crippen molar-refractivity contribution in [3.8, 4) is 0 Å². The van der Waals surface area contributed by atoms with Crippen LogP contribution in [-0.2, 0) is 4.79 Å². The van der Waals surface area contributed by atoms with Gasteiger partial charge in [-0.05, 0) is 17.9 Å². The summed E-state index contributed by atoms with van der Waals surface area (Å²) in [6.45, 7) is 8.31. The quantitative estimate of drug-likeness (QED) is 0.698. The fraction of sp³-hybridized carbons (Fsp3) is 0.533. The first-order valence-corrected chi connectivity index (χ1v) is 5.95. The Balaban J connectivity index is 2.42. The standard InChI is InChI=1S/C15H20O/c1-14(2)10-12(15(3,4)13(14)16)11-8-6-5-7-9-11/h5-9,12H,10H2,1-4H3. The minimum Gasteiger partial charge on any atom is -0.298 e. The van der Waals surface area contributed by atoms with Crippen LogP contribution < -0.4 is 0 Å². The fourth-order valence-electron chi connectivity index (χ4n) is 3.11. The summed E-state index contributed by atoms with van der Waals surface area (Å²) in [5.41, 5.74) is 0.890. The summed E-state index contributed by atoms with van der Waals surface area (Å²) in [5.74, 6) is 0.755. The zero-order chi connectivity index (χ0) is 12.0. The van der Waals surface area contributed by atoms with E-state index in [1.165, 1.54) is 5.56 Å². The minimum absolute atomic E-state index is 0.177. The molecule has 0 saturated heterocycles. The zero-order valence-electron chi connectivity index (χ0n) is 10.6. The lowest BCUT2D eigenvalue weighted by atomic mass is 9.77. The van der Waals surface area contributed by atoms with Gasteiger partial charge in [0.15, 0.2) is 0 Å². The van der Waals surface area contributed by atoms with Crippen molar-refractivity contribution in [2.75, 3.05) is 0 Å². The highest BCUT2D eigenvalue weighted by molar-refractivity contribution is 5.92. The third-order valence-corrected chi connectivity index (χ3v) is 3.99. The van der Waals surface area contributed by atoms with Gasteiger partial charge in [-0.2, -0.15) is 0 Å². The van der Waals surface area contributed by atoms with E-state index >= 15 is 0 Å². The highest BCUT2D eigenvalue weighted by Gasteiger charge is 2.52. The molecule has 0 aromatic heterocycles. The second kappa shape index (κ2) is 3.44. The maximum Gasteiger partial charge on any atom is 0.144 e. The first-order valence-electron chi connectivity index (χ1n) is 5.95. The molecule has 1 heteroatoms. The van der Waals surface area contributed by atoms with Crippen LogP contribution >= 0.6 is 0 Å². The van der Waals surface area contributed by atoms with Crippen LogP contribution in [0.25, 0.3) is 0 Å². The molecule has 0 N–H and O–H groups in total. The molecule has 1 atom stereocenters. The van der Waals surface area contributed by atoms with Crippen molar-refractivity contribution in [1.29, 1.82) is 0 Å². The monoisotopic (exact) mass is 216 g/mol. The summed E-state index contributed by atoms with van der Waals surface area (Å²) in [7, 11) is 0. The van der Waals surface area contributed by atoms with Crippen LogP contribution in [0.3, 0.4) is 0 Å². The molecule has 2 rings (SSSR count). The second-order valence-electron chi connectivity index (χ2n) is 6.10. The molecule has 1 saturated carbocycles. The van der Waals surface area contributed by atoms with Crippen LogP contribution in [0.2, 0.25) is 0 Å². The summed E-state index contributed by atoms with van der Waals surface area (Å²) < 4.78 is 0. The first-order chi connectivity index (χ1) is 7.36. The molecule has 16 heavy (non-hydrogen) atoms. The van der Waals surface area contributed by atoms with E-state index in [9.17, 15) is 4.79 Å². The number of ketones is 1. The van der Waals surface area contributed by atoms with Gasteiger partial charge < -0.3 is 0 Å². The summed E-state index contributed by atoms with van der Waals surface area (Å²) in [6.07, 6.45) is 0.961. The molecule has 1 aliphatic carbocycles. The topological polar surface area (TPSA) is 17.1 Å². The van der Waals surface area contributed by atoms with Gasteiger partial charge in [0.1, 0.15) is 5.78 Å². The molecule has 1 nitrogen and oxygen atoms in total. The lowest BCUT2D eigenvalue weighted by molar-refractivity contribution is -0.131. The molecule has 0 heterocycles. The Hall–Kier alpha value is -1.11. The Kier molecular flexibility index (Phi) is 2.45. The third kappa shape index (κ3) is 1.59. The Morgan fingerprint density at radius 1 is 1.06 bits per heavy atom. The van der Waals surface area contributed by atoms with Gasteiger partial charge in [0.25, 0.3) is 0 Å². The van der Waals surface area contributed by atoms with Crippen molar-refractivity contribution in [3.05, 3.63) is 35.9 Å². The van der Waals surface area contributed by atoms with Crippen molar-refractivity contribution < 1.29 is 4.79 Å². The smallest absolute Gasteiger partial charge is 0.144 e. The fourth-order valence-corrected chi connectivity index (χ4v) is 3.11. The average Bonchev–Trinajstić information content (AvgIpc) is 2.40. The van der Waals surface area contributed by atoms with E-state index in [0.29, 0.717) is 11.7 Å². The number of carbonyl (C=O) groups is 1. The van der Waals surface area contributed by atoms with Crippen molar-refractivity contribution in [2.45, 2.75) is 40.0 Å². The second-order valence-corrected chi connectivity index (χ2v) is 6.10. The number of Topliss-reactive ketones (excluding diaryl/α,β-unsaturated/α-hetero) is 1. The third-order valence-electron chi connectivity index (χ3n) is 3.99. The average molecular weight is 216 g/mol. The molecule has 0 radical (unpaired) electrons. The van der Waals surface area contributed by atoms with Gasteiger partial charge in [-0.25, -0.2) is 0 Å². The lowest BCUT2D eigenvalue weighted by Gasteiger charge is -2.25. The minimum atomic E-state index is -0.231. The Bertz CT molecular complexity index is 401. The summed E-state index contributed by atoms with van der Waals surface area (Å²) in [6, 6.07) is 10.4. The number of rotatable bonds is 1. The molecule has 0 amide bonds. The van der Waals surface area contributed by atoms with Gasteiger partial charge in [0, 0.05) is 10.8 Å². The SMILES string of the molecule is CC1(C)CC(c2ccccc2)C(C)(C)C1=O. The molecule has 0 spiro atoms. The lowest BCUT2D eigenvalue weighted by Crippen LogP contribution is -2.29. The maximum atomic E-state index is 12.3. The molecule has 86 valence electrons. The van der Waals surface area contributed by atoms with Gasteiger partial charge in [0.05, 0.1) is 0 Å². The molecular weight excluding hydrogens is 196 g/mol. The normalized spacial score (nSPS) is 27.0. The molecule has 1 aromatic rings. The Labute approximate surface area is 97.9 Å². The van der Waals surface area contributed by atoms with E-state index in [1.807, 2.05) is 6.07 Å². The van der Waals surface area contributed by atoms with Crippen LogP contribution in [-0.4, -0.2) is 5.78 Å². The van der Waals surface area contributed by atoms with E-state index < -0.39 is 0 Å². The first kappa shape index (κ1) is 11.4. The van der Waals surface area contributed by atoms with Gasteiger partial charge in [-0.1, -0.05) is 58.0 Å². The van der Waals surface area contributed by atoms with Crippen molar-refractivity contribution >= 4 is 5.78 Å². The highest BCUT2D eigenvalue weighted by Crippen LogP contribution is 2.54. The van der Waals surface area contributed by atoms with Gasteiger partial charge in [-0.3, -0.25) is 4.79 Å². The van der Waals surface area contributed by atoms with Crippen LogP contribution in [0.1, 0.15) is 45.6 Å². The van der Waals surface area contributed by atoms with Crippen molar-refractivity contribution in [2.24, 2.45) is 10.8 Å². The van der Waals surface area contributed by atoms with Crippen molar-refractivity contribution in [3.63, 3.8) is 0 Å². The van der Waals surface area contributed by atoms with E-state index in [1.54, 1.807) is 0 Å². The largest absolute Gasteiger partial charge is 0.298 e. The summed E-state index contributed by atoms with van der Waals surface area (Å²) in [4.78, 5) is 12.3. The van der Waals surface area contributed by atoms with E-state index in [-0.39, 0.29) is 10.8 Å². The number of carbonyl (C=O) groups excluding carboxylic acids is 1. The van der Waals surface area contributed by atoms with Crippen molar-refractivity contribution in [1.82, 2.24) is 0 Å². The molecule has 1 aromatic carbocycles. The van der Waals surface area contributed by atoms with E-state index in [0.717, 1.165) is 6.42 Å². The molecule has 0 aliphatic heterocycles. The van der Waals surface area contributed by atoms with Gasteiger partial charge >= 0.3 is 0 Å². The maximum absolute atomic E-state index is 12.3. The number of hydrogen-bond donors (Lipinski definition) is 0. The van der Waals surface area contributed by atoms with Crippen LogP contribution in [0.15, 0.2) is 30.3 Å².